The van der Waals surface area contributed by atoms with Gasteiger partial charge >= 0.3 is 0 Å². The summed E-state index contributed by atoms with van der Waals surface area (Å²) in [5.74, 6) is 1.68. The number of benzene rings is 1. The van der Waals surface area contributed by atoms with E-state index in [0.717, 1.165) is 29.2 Å². The third-order valence-corrected chi connectivity index (χ3v) is 6.83. The summed E-state index contributed by atoms with van der Waals surface area (Å²) in [6.07, 6.45) is 3.66. The zero-order chi connectivity index (χ0) is 25.5. The Morgan fingerprint density at radius 2 is 2.08 bits per heavy atom. The van der Waals surface area contributed by atoms with E-state index in [1.165, 1.54) is 0 Å². The minimum atomic E-state index is -0.252. The summed E-state index contributed by atoms with van der Waals surface area (Å²) in [4.78, 5) is 17.1. The van der Waals surface area contributed by atoms with E-state index in [0.29, 0.717) is 58.8 Å². The number of rotatable bonds is 6. The van der Waals surface area contributed by atoms with Crippen molar-refractivity contribution < 1.29 is 24.1 Å². The number of aromatic nitrogens is 3. The maximum atomic E-state index is 13.1. The summed E-state index contributed by atoms with van der Waals surface area (Å²) < 4.78 is 20.0. The Balaban J connectivity index is 1.50. The third kappa shape index (κ3) is 6.74. The molecule has 0 radical (unpaired) electrons. The summed E-state index contributed by atoms with van der Waals surface area (Å²) in [7, 11) is 2.06. The highest BCUT2D eigenvalue weighted by Gasteiger charge is 2.28. The molecule has 1 aromatic carbocycles. The molecule has 0 saturated heterocycles. The third-order valence-electron chi connectivity index (χ3n) is 6.83. The molecule has 3 atom stereocenters. The number of hydrogen-bond donors (Lipinski definition) is 1. The molecule has 0 fully saturated rings. The summed E-state index contributed by atoms with van der Waals surface area (Å²) in [6, 6.07) is 5.77. The quantitative estimate of drug-likeness (QED) is 0.642. The van der Waals surface area contributed by atoms with Gasteiger partial charge in [-0.2, -0.15) is 0 Å². The van der Waals surface area contributed by atoms with Crippen LogP contribution in [0.2, 0.25) is 0 Å². The number of ether oxygens (including phenoxy) is 3. The lowest BCUT2D eigenvalue weighted by molar-refractivity contribution is -0.136. The second-order valence-corrected chi connectivity index (χ2v) is 9.97. The fourth-order valence-electron chi connectivity index (χ4n) is 4.73. The van der Waals surface area contributed by atoms with E-state index in [1.807, 2.05) is 25.3 Å². The minimum Gasteiger partial charge on any atom is -0.490 e. The molecule has 1 amide bonds. The Morgan fingerprint density at radius 3 is 2.92 bits per heavy atom. The van der Waals surface area contributed by atoms with Gasteiger partial charge in [0.2, 0.25) is 5.91 Å². The molecule has 10 heteroatoms. The van der Waals surface area contributed by atoms with Gasteiger partial charge in [-0.1, -0.05) is 24.3 Å². The second-order valence-electron chi connectivity index (χ2n) is 9.97. The largest absolute Gasteiger partial charge is 0.490 e. The van der Waals surface area contributed by atoms with Gasteiger partial charge < -0.3 is 24.2 Å². The molecule has 2 aliphatic heterocycles. The van der Waals surface area contributed by atoms with Crippen molar-refractivity contribution in [3.05, 3.63) is 35.7 Å². The second kappa shape index (κ2) is 12.5. The van der Waals surface area contributed by atoms with Crippen molar-refractivity contribution in [1.82, 2.24) is 24.8 Å². The van der Waals surface area contributed by atoms with E-state index in [1.54, 1.807) is 9.58 Å². The number of nitrogens with zero attached hydrogens (tertiary/aromatic N) is 5. The fourth-order valence-corrected chi connectivity index (χ4v) is 4.73. The molecule has 36 heavy (non-hydrogen) atoms. The molecule has 2 aromatic rings. The van der Waals surface area contributed by atoms with Gasteiger partial charge in [0.1, 0.15) is 5.69 Å². The Kier molecular flexibility index (Phi) is 9.17. The predicted octanol–water partition coefficient (Wildman–Crippen LogP) is 2.10. The predicted molar refractivity (Wildman–Crippen MR) is 134 cm³/mol. The van der Waals surface area contributed by atoms with Crippen LogP contribution < -0.4 is 9.47 Å². The van der Waals surface area contributed by atoms with Crippen LogP contribution >= 0.6 is 0 Å². The van der Waals surface area contributed by atoms with Crippen molar-refractivity contribution in [2.75, 3.05) is 40.0 Å². The minimum absolute atomic E-state index is 0.0358. The van der Waals surface area contributed by atoms with Gasteiger partial charge in [-0.25, -0.2) is 0 Å². The SMILES string of the molecule is C[C@@H]1CN([C@H](C)CO)C(=O)CCCn2cc(nn2)CO[C@H]1CN(C)Cc1cccc2c1OCCCO2. The van der Waals surface area contributed by atoms with E-state index >= 15 is 0 Å². The number of carbonyl (C=O) groups is 1. The van der Waals surface area contributed by atoms with Gasteiger partial charge in [0.25, 0.3) is 0 Å². The lowest BCUT2D eigenvalue weighted by atomic mass is 10.0. The van der Waals surface area contributed by atoms with Crippen molar-refractivity contribution >= 4 is 5.91 Å². The summed E-state index contributed by atoms with van der Waals surface area (Å²) >= 11 is 0. The van der Waals surface area contributed by atoms with Crippen LogP contribution in [0.3, 0.4) is 0 Å². The molecule has 1 aromatic heterocycles. The number of para-hydroxylation sites is 1. The van der Waals surface area contributed by atoms with Gasteiger partial charge in [-0.3, -0.25) is 14.4 Å². The maximum Gasteiger partial charge on any atom is 0.222 e. The lowest BCUT2D eigenvalue weighted by Gasteiger charge is -2.35. The van der Waals surface area contributed by atoms with Crippen molar-refractivity contribution in [2.45, 2.75) is 65.0 Å². The van der Waals surface area contributed by atoms with Crippen molar-refractivity contribution in [3.63, 3.8) is 0 Å². The van der Waals surface area contributed by atoms with Gasteiger partial charge in [-0.15, -0.1) is 5.10 Å². The first kappa shape index (κ1) is 26.4. The smallest absolute Gasteiger partial charge is 0.222 e. The molecular formula is C26H39N5O5. The Morgan fingerprint density at radius 1 is 1.25 bits per heavy atom. The first-order valence-electron chi connectivity index (χ1n) is 12.9. The number of likely N-dealkylation sites (N-methyl/N-ethyl adjacent to an activating group) is 1. The number of aliphatic hydroxyl groups excluding tert-OH is 1. The van der Waals surface area contributed by atoms with Gasteiger partial charge in [0.05, 0.1) is 44.8 Å². The topological polar surface area (TPSA) is 102 Å². The molecule has 4 rings (SSSR count). The van der Waals surface area contributed by atoms with Crippen LogP contribution in [0.15, 0.2) is 24.4 Å². The van der Waals surface area contributed by atoms with Crippen LogP contribution in [0, 0.1) is 5.92 Å². The lowest BCUT2D eigenvalue weighted by Crippen LogP contribution is -2.47. The van der Waals surface area contributed by atoms with Crippen LogP contribution in [-0.2, 0) is 29.2 Å². The fraction of sp³-hybridized carbons (Fsp3) is 0.654. The molecule has 0 aliphatic carbocycles. The standard InChI is InChI=1S/C26H39N5O5/c1-19-13-31(20(2)17-32)25(33)9-5-10-30-15-22(27-28-30)18-36-24(19)16-29(3)14-21-7-4-8-23-26(21)35-12-6-11-34-23/h4,7-8,15,19-20,24,32H,5-6,9-14,16-18H2,1-3H3/t19-,20-,24+/m1/s1. The number of carbonyl (C=O) groups excluding carboxylic acids is 1. The number of amides is 1. The number of aliphatic hydroxyl groups is 1. The molecule has 2 aliphatic rings. The van der Waals surface area contributed by atoms with Gasteiger partial charge in [0, 0.05) is 50.5 Å². The van der Waals surface area contributed by atoms with Crippen LogP contribution in [0.25, 0.3) is 0 Å². The molecule has 0 saturated carbocycles. The highest BCUT2D eigenvalue weighted by atomic mass is 16.5. The average molecular weight is 502 g/mol. The van der Waals surface area contributed by atoms with Crippen LogP contribution in [0.4, 0.5) is 0 Å². The van der Waals surface area contributed by atoms with E-state index in [9.17, 15) is 9.90 Å². The maximum absolute atomic E-state index is 13.1. The normalized spacial score (nSPS) is 22.4. The first-order valence-corrected chi connectivity index (χ1v) is 12.9. The molecular weight excluding hydrogens is 462 g/mol. The monoisotopic (exact) mass is 501 g/mol. The van der Waals surface area contributed by atoms with Gasteiger partial charge in [0.15, 0.2) is 11.5 Å². The Hall–Kier alpha value is -2.69. The molecule has 0 unspecified atom stereocenters. The van der Waals surface area contributed by atoms with Crippen LogP contribution in [-0.4, -0.2) is 87.9 Å². The molecule has 3 heterocycles. The highest BCUT2D eigenvalue weighted by Crippen LogP contribution is 2.34. The zero-order valence-electron chi connectivity index (χ0n) is 21.6. The molecule has 10 nitrogen and oxygen atoms in total. The van der Waals surface area contributed by atoms with E-state index in [4.69, 9.17) is 14.2 Å². The van der Waals surface area contributed by atoms with E-state index < -0.39 is 0 Å². The summed E-state index contributed by atoms with van der Waals surface area (Å²) in [5, 5.41) is 18.2. The molecule has 1 N–H and O–H groups in total. The summed E-state index contributed by atoms with van der Waals surface area (Å²) in [5.41, 5.74) is 1.85. The Bertz CT molecular complexity index is 999. The first-order chi connectivity index (χ1) is 17.4. The average Bonchev–Trinajstić information content (AvgIpc) is 3.18. The van der Waals surface area contributed by atoms with E-state index in [2.05, 4.69) is 35.2 Å². The molecule has 2 bridgehead atoms. The highest BCUT2D eigenvalue weighted by molar-refractivity contribution is 5.76. The number of fused-ring (bicyclic) bond motifs is 3. The van der Waals surface area contributed by atoms with Gasteiger partial charge in [-0.05, 0) is 26.5 Å². The number of hydrogen-bond acceptors (Lipinski definition) is 8. The molecule has 0 spiro atoms. The van der Waals surface area contributed by atoms with Crippen LogP contribution in [0.5, 0.6) is 11.5 Å². The van der Waals surface area contributed by atoms with Crippen molar-refractivity contribution in [1.29, 1.82) is 0 Å². The van der Waals surface area contributed by atoms with Crippen LogP contribution in [0.1, 0.15) is 44.4 Å². The summed E-state index contributed by atoms with van der Waals surface area (Å²) in [6.45, 7) is 8.02. The number of aryl methyl sites for hydroxylation is 1. The molecule has 198 valence electrons. The van der Waals surface area contributed by atoms with Crippen molar-refractivity contribution in [2.24, 2.45) is 5.92 Å². The zero-order valence-corrected chi connectivity index (χ0v) is 21.6. The van der Waals surface area contributed by atoms with Crippen molar-refractivity contribution in [3.8, 4) is 11.5 Å². The Labute approximate surface area is 213 Å². The van der Waals surface area contributed by atoms with E-state index in [-0.39, 0.29) is 30.6 Å².